The summed E-state index contributed by atoms with van der Waals surface area (Å²) >= 11 is 6.20. The van der Waals surface area contributed by atoms with Crippen molar-refractivity contribution in [1.29, 1.82) is 0 Å². The molecule has 3 N–H and O–H groups in total. The van der Waals surface area contributed by atoms with Crippen LogP contribution >= 0.6 is 11.6 Å². The van der Waals surface area contributed by atoms with Crippen LogP contribution in [0.15, 0.2) is 42.5 Å². The lowest BCUT2D eigenvalue weighted by Crippen LogP contribution is -2.40. The number of halogens is 1. The zero-order chi connectivity index (χ0) is 23.1. The zero-order valence-electron chi connectivity index (χ0n) is 18.3. The highest BCUT2D eigenvalue weighted by Crippen LogP contribution is 2.36. The topological polar surface area (TPSA) is 93.9 Å². The summed E-state index contributed by atoms with van der Waals surface area (Å²) in [6.45, 7) is 2.39. The predicted molar refractivity (Wildman–Crippen MR) is 126 cm³/mol. The minimum absolute atomic E-state index is 0.0744. The average molecular weight is 458 g/mol. The molecule has 2 amide bonds. The van der Waals surface area contributed by atoms with Crippen molar-refractivity contribution < 1.29 is 19.1 Å². The van der Waals surface area contributed by atoms with Crippen LogP contribution in [-0.4, -0.2) is 44.0 Å². The van der Waals surface area contributed by atoms with Gasteiger partial charge in [-0.1, -0.05) is 23.7 Å². The van der Waals surface area contributed by atoms with Crippen LogP contribution in [0, 0.1) is 5.92 Å². The zero-order valence-corrected chi connectivity index (χ0v) is 19.0. The maximum atomic E-state index is 12.3. The molecule has 1 saturated heterocycles. The molecule has 0 saturated carbocycles. The number of ether oxygens (including phenoxy) is 2. The lowest BCUT2D eigenvalue weighted by Gasteiger charge is -2.31. The number of anilines is 1. The number of piperidine rings is 1. The summed E-state index contributed by atoms with van der Waals surface area (Å²) in [6.07, 6.45) is 4.92. The van der Waals surface area contributed by atoms with Gasteiger partial charge in [-0.3, -0.25) is 14.5 Å². The van der Waals surface area contributed by atoms with E-state index in [9.17, 15) is 9.59 Å². The van der Waals surface area contributed by atoms with Crippen molar-refractivity contribution in [1.82, 2.24) is 4.90 Å². The molecule has 32 heavy (non-hydrogen) atoms. The maximum absolute atomic E-state index is 12.3. The third-order valence-corrected chi connectivity index (χ3v) is 5.70. The van der Waals surface area contributed by atoms with Gasteiger partial charge in [-0.2, -0.15) is 0 Å². The van der Waals surface area contributed by atoms with Crippen LogP contribution in [0.1, 0.15) is 24.0 Å². The Labute approximate surface area is 193 Å². The molecular formula is C24H28ClN3O4. The number of benzene rings is 2. The minimum Gasteiger partial charge on any atom is -0.493 e. The van der Waals surface area contributed by atoms with Crippen LogP contribution in [0.25, 0.3) is 6.08 Å². The Morgan fingerprint density at radius 1 is 1.22 bits per heavy atom. The molecule has 1 aliphatic heterocycles. The Hall–Kier alpha value is -3.03. The van der Waals surface area contributed by atoms with Gasteiger partial charge < -0.3 is 20.5 Å². The fraction of sp³-hybridized carbons (Fsp3) is 0.333. The van der Waals surface area contributed by atoms with Crippen molar-refractivity contribution >= 4 is 35.2 Å². The second kappa shape index (κ2) is 11.0. The minimum atomic E-state index is -0.260. The second-order valence-electron chi connectivity index (χ2n) is 7.73. The molecule has 0 bridgehead atoms. The SMILES string of the molecule is COc1cc(/C=C/C(=O)Nc2ccc(CN3CCCC(C(N)=O)C3)cc2)cc(Cl)c1OC. The lowest BCUT2D eigenvalue weighted by molar-refractivity contribution is -0.123. The number of nitrogens with two attached hydrogens (primary N) is 1. The predicted octanol–water partition coefficient (Wildman–Crippen LogP) is 3.71. The van der Waals surface area contributed by atoms with E-state index in [1.54, 1.807) is 18.2 Å². The number of methoxy groups -OCH3 is 2. The molecule has 8 heteroatoms. The molecule has 1 aliphatic rings. The van der Waals surface area contributed by atoms with Gasteiger partial charge in [0.2, 0.25) is 11.8 Å². The highest BCUT2D eigenvalue weighted by Gasteiger charge is 2.23. The summed E-state index contributed by atoms with van der Waals surface area (Å²) in [7, 11) is 3.04. The van der Waals surface area contributed by atoms with Crippen molar-refractivity contribution in [2.24, 2.45) is 11.7 Å². The van der Waals surface area contributed by atoms with Crippen molar-refractivity contribution in [3.8, 4) is 11.5 Å². The number of rotatable bonds is 8. The number of nitrogens with zero attached hydrogens (tertiary/aromatic N) is 1. The van der Waals surface area contributed by atoms with E-state index in [-0.39, 0.29) is 17.7 Å². The maximum Gasteiger partial charge on any atom is 0.248 e. The van der Waals surface area contributed by atoms with Crippen LogP contribution in [0.2, 0.25) is 5.02 Å². The largest absolute Gasteiger partial charge is 0.493 e. The monoisotopic (exact) mass is 457 g/mol. The van der Waals surface area contributed by atoms with Crippen molar-refractivity contribution in [3.05, 3.63) is 58.6 Å². The third-order valence-electron chi connectivity index (χ3n) is 5.42. The molecule has 1 atom stereocenters. The normalized spacial score (nSPS) is 16.7. The van der Waals surface area contributed by atoms with E-state index in [1.807, 2.05) is 24.3 Å². The van der Waals surface area contributed by atoms with Crippen LogP contribution < -0.4 is 20.5 Å². The summed E-state index contributed by atoms with van der Waals surface area (Å²) in [4.78, 5) is 26.0. The molecule has 3 rings (SSSR count). The van der Waals surface area contributed by atoms with Gasteiger partial charge in [0.05, 0.1) is 25.2 Å². The molecule has 170 valence electrons. The van der Waals surface area contributed by atoms with E-state index in [0.29, 0.717) is 34.3 Å². The first-order valence-corrected chi connectivity index (χ1v) is 10.8. The van der Waals surface area contributed by atoms with Gasteiger partial charge in [0, 0.05) is 24.9 Å². The summed E-state index contributed by atoms with van der Waals surface area (Å²) in [5.74, 6) is 0.381. The average Bonchev–Trinajstić information content (AvgIpc) is 2.78. The Balaban J connectivity index is 1.57. The number of carbonyl (C=O) groups is 2. The van der Waals surface area contributed by atoms with Gasteiger partial charge in [0.25, 0.3) is 0 Å². The first-order chi connectivity index (χ1) is 15.4. The van der Waals surface area contributed by atoms with Gasteiger partial charge in [-0.05, 0) is 60.9 Å². The van der Waals surface area contributed by atoms with Crippen LogP contribution in [0.3, 0.4) is 0 Å². The quantitative estimate of drug-likeness (QED) is 0.589. The summed E-state index contributed by atoms with van der Waals surface area (Å²) < 4.78 is 10.5. The highest BCUT2D eigenvalue weighted by molar-refractivity contribution is 6.32. The summed E-state index contributed by atoms with van der Waals surface area (Å²) in [6, 6.07) is 11.1. The van der Waals surface area contributed by atoms with Crippen LogP contribution in [0.5, 0.6) is 11.5 Å². The molecule has 1 unspecified atom stereocenters. The number of likely N-dealkylation sites (tertiary alicyclic amines) is 1. The third kappa shape index (κ3) is 6.24. The standard InChI is InChI=1S/C24H28ClN3O4/c1-31-21-13-17(12-20(25)23(21)32-2)7-10-22(29)27-19-8-5-16(6-9-19)14-28-11-3-4-18(15-28)24(26)30/h5-10,12-13,18H,3-4,11,14-15H2,1-2H3,(H2,26,30)(H,27,29)/b10-7+. The van der Waals surface area contributed by atoms with Gasteiger partial charge in [-0.25, -0.2) is 0 Å². The second-order valence-corrected chi connectivity index (χ2v) is 8.14. The fourth-order valence-electron chi connectivity index (χ4n) is 3.77. The van der Waals surface area contributed by atoms with E-state index in [0.717, 1.165) is 31.5 Å². The molecule has 2 aromatic carbocycles. The van der Waals surface area contributed by atoms with Crippen molar-refractivity contribution in [3.63, 3.8) is 0 Å². The fourth-order valence-corrected chi connectivity index (χ4v) is 4.07. The lowest BCUT2D eigenvalue weighted by atomic mass is 9.97. The van der Waals surface area contributed by atoms with Crippen molar-refractivity contribution in [2.75, 3.05) is 32.6 Å². The molecule has 2 aromatic rings. The van der Waals surface area contributed by atoms with E-state index >= 15 is 0 Å². The summed E-state index contributed by atoms with van der Waals surface area (Å²) in [5, 5.41) is 3.24. The van der Waals surface area contributed by atoms with E-state index < -0.39 is 0 Å². The molecule has 0 aromatic heterocycles. The van der Waals surface area contributed by atoms with Crippen LogP contribution in [0.4, 0.5) is 5.69 Å². The number of amides is 2. The smallest absolute Gasteiger partial charge is 0.248 e. The first-order valence-electron chi connectivity index (χ1n) is 10.4. The number of hydrogen-bond donors (Lipinski definition) is 2. The van der Waals surface area contributed by atoms with E-state index in [1.165, 1.54) is 20.3 Å². The molecule has 1 heterocycles. The molecule has 0 aliphatic carbocycles. The van der Waals surface area contributed by atoms with Crippen molar-refractivity contribution in [2.45, 2.75) is 19.4 Å². The summed E-state index contributed by atoms with van der Waals surface area (Å²) in [5.41, 5.74) is 7.98. The van der Waals surface area contributed by atoms with Gasteiger partial charge in [0.15, 0.2) is 11.5 Å². The molecular weight excluding hydrogens is 430 g/mol. The molecule has 7 nitrogen and oxygen atoms in total. The van der Waals surface area contributed by atoms with Crippen LogP contribution in [-0.2, 0) is 16.1 Å². The number of primary amides is 1. The Kier molecular flexibility index (Phi) is 8.14. The molecule has 0 radical (unpaired) electrons. The van der Waals surface area contributed by atoms with Gasteiger partial charge in [0.1, 0.15) is 0 Å². The number of nitrogens with one attached hydrogen (secondary N) is 1. The highest BCUT2D eigenvalue weighted by atomic mass is 35.5. The number of carbonyl (C=O) groups excluding carboxylic acids is 2. The first kappa shape index (κ1) is 23.6. The van der Waals surface area contributed by atoms with Gasteiger partial charge >= 0.3 is 0 Å². The molecule has 0 spiro atoms. The van der Waals surface area contributed by atoms with E-state index in [4.69, 9.17) is 26.8 Å². The Bertz CT molecular complexity index is 991. The molecule has 1 fully saturated rings. The Morgan fingerprint density at radius 2 is 1.97 bits per heavy atom. The van der Waals surface area contributed by atoms with E-state index in [2.05, 4.69) is 10.2 Å². The Morgan fingerprint density at radius 3 is 2.62 bits per heavy atom. The van der Waals surface area contributed by atoms with Gasteiger partial charge in [-0.15, -0.1) is 0 Å². The number of hydrogen-bond acceptors (Lipinski definition) is 5.